The number of benzene rings is 1. The highest BCUT2D eigenvalue weighted by molar-refractivity contribution is 5.89. The molecule has 1 aromatic carbocycles. The van der Waals surface area contributed by atoms with Crippen LogP contribution >= 0.6 is 0 Å². The third-order valence-corrected chi connectivity index (χ3v) is 4.20. The van der Waals surface area contributed by atoms with E-state index in [9.17, 15) is 4.39 Å². The van der Waals surface area contributed by atoms with Gasteiger partial charge in [-0.3, -0.25) is 0 Å². The van der Waals surface area contributed by atoms with Crippen LogP contribution in [0.15, 0.2) is 37.2 Å². The number of rotatable bonds is 2. The molecule has 3 heterocycles. The second kappa shape index (κ2) is 5.32. The highest BCUT2D eigenvalue weighted by atomic mass is 19.1. The second-order valence-electron chi connectivity index (χ2n) is 5.49. The maximum absolute atomic E-state index is 13.3. The Morgan fingerprint density at radius 2 is 1.82 bits per heavy atom. The Kier molecular flexibility index (Phi) is 3.17. The largest absolute Gasteiger partial charge is 0.356 e. The van der Waals surface area contributed by atoms with Crippen molar-refractivity contribution in [2.45, 2.75) is 18.9 Å². The minimum atomic E-state index is -0.275. The number of aromatic nitrogens is 5. The van der Waals surface area contributed by atoms with Crippen LogP contribution in [0.4, 0.5) is 10.2 Å². The highest BCUT2D eigenvalue weighted by Crippen LogP contribution is 2.29. The van der Waals surface area contributed by atoms with Crippen LogP contribution in [0.5, 0.6) is 0 Å². The fraction of sp³-hybridized carbons (Fsp3) is 0.333. The van der Waals surface area contributed by atoms with Gasteiger partial charge in [-0.25, -0.2) is 14.4 Å². The summed E-state index contributed by atoms with van der Waals surface area (Å²) in [5.41, 5.74) is 0.644. The number of hydrogen-bond donors (Lipinski definition) is 0. The molecule has 112 valence electrons. The summed E-state index contributed by atoms with van der Waals surface area (Å²) in [7, 11) is 0. The van der Waals surface area contributed by atoms with Gasteiger partial charge in [-0.1, -0.05) is 0 Å². The molecule has 1 saturated heterocycles. The molecule has 0 radical (unpaired) electrons. The van der Waals surface area contributed by atoms with E-state index < -0.39 is 0 Å². The summed E-state index contributed by atoms with van der Waals surface area (Å²) in [6.45, 7) is 1.79. The Bertz CT molecular complexity index is 780. The molecule has 2 aromatic heterocycles. The summed E-state index contributed by atoms with van der Waals surface area (Å²) in [5.74, 6) is 0.607. The number of hydrogen-bond acceptors (Lipinski definition) is 5. The molecular formula is C15H15FN6. The molecule has 0 aliphatic carbocycles. The normalized spacial score (nSPS) is 16.3. The highest BCUT2D eigenvalue weighted by Gasteiger charge is 2.22. The fourth-order valence-corrected chi connectivity index (χ4v) is 3.04. The van der Waals surface area contributed by atoms with Crippen molar-refractivity contribution < 1.29 is 4.39 Å². The van der Waals surface area contributed by atoms with Crippen molar-refractivity contribution in [3.63, 3.8) is 0 Å². The Balaban J connectivity index is 1.59. The first-order valence-electron chi connectivity index (χ1n) is 7.30. The molecule has 0 amide bonds. The van der Waals surface area contributed by atoms with E-state index in [4.69, 9.17) is 0 Å². The predicted molar refractivity (Wildman–Crippen MR) is 80.0 cm³/mol. The first-order chi connectivity index (χ1) is 10.8. The molecule has 1 aliphatic rings. The van der Waals surface area contributed by atoms with Crippen LogP contribution in [0.25, 0.3) is 10.9 Å². The Hall–Kier alpha value is -2.57. The lowest BCUT2D eigenvalue weighted by Gasteiger charge is -2.33. The van der Waals surface area contributed by atoms with Crippen molar-refractivity contribution in [1.82, 2.24) is 24.7 Å². The summed E-state index contributed by atoms with van der Waals surface area (Å²) in [6, 6.07) is 5.09. The molecule has 0 unspecified atom stereocenters. The summed E-state index contributed by atoms with van der Waals surface area (Å²) in [4.78, 5) is 10.8. The second-order valence-corrected chi connectivity index (χ2v) is 5.49. The van der Waals surface area contributed by atoms with Crippen molar-refractivity contribution in [3.8, 4) is 0 Å². The molecule has 0 N–H and O–H groups in total. The molecule has 1 aliphatic heterocycles. The van der Waals surface area contributed by atoms with Gasteiger partial charge in [0.1, 0.15) is 30.6 Å². The number of anilines is 1. The van der Waals surface area contributed by atoms with Gasteiger partial charge >= 0.3 is 0 Å². The van der Waals surface area contributed by atoms with E-state index in [1.165, 1.54) is 18.5 Å². The van der Waals surface area contributed by atoms with Gasteiger partial charge in [0.2, 0.25) is 0 Å². The van der Waals surface area contributed by atoms with Crippen molar-refractivity contribution in [1.29, 1.82) is 0 Å². The van der Waals surface area contributed by atoms with E-state index in [-0.39, 0.29) is 5.82 Å². The van der Waals surface area contributed by atoms with Crippen molar-refractivity contribution in [3.05, 3.63) is 43.0 Å². The zero-order chi connectivity index (χ0) is 14.9. The first-order valence-corrected chi connectivity index (χ1v) is 7.30. The van der Waals surface area contributed by atoms with Gasteiger partial charge in [0.05, 0.1) is 5.52 Å². The number of fused-ring (bicyclic) bond motifs is 1. The minimum absolute atomic E-state index is 0.275. The molecule has 6 nitrogen and oxygen atoms in total. The van der Waals surface area contributed by atoms with Gasteiger partial charge in [-0.15, -0.1) is 10.2 Å². The molecule has 0 spiro atoms. The van der Waals surface area contributed by atoms with Crippen LogP contribution in [-0.4, -0.2) is 37.8 Å². The lowest BCUT2D eigenvalue weighted by Crippen LogP contribution is -2.35. The smallest absolute Gasteiger partial charge is 0.139 e. The average Bonchev–Trinajstić information content (AvgIpc) is 3.09. The molecule has 0 saturated carbocycles. The van der Waals surface area contributed by atoms with Crippen LogP contribution in [0.1, 0.15) is 18.9 Å². The molecular weight excluding hydrogens is 283 g/mol. The van der Waals surface area contributed by atoms with Gasteiger partial charge in [-0.2, -0.15) is 0 Å². The van der Waals surface area contributed by atoms with Crippen molar-refractivity contribution in [2.24, 2.45) is 0 Å². The number of piperidine rings is 1. The van der Waals surface area contributed by atoms with E-state index in [2.05, 4.69) is 29.6 Å². The third kappa shape index (κ3) is 2.28. The summed E-state index contributed by atoms with van der Waals surface area (Å²) < 4.78 is 15.4. The number of nitrogens with zero attached hydrogens (tertiary/aromatic N) is 6. The Morgan fingerprint density at radius 3 is 2.59 bits per heavy atom. The molecule has 1 fully saturated rings. The third-order valence-electron chi connectivity index (χ3n) is 4.20. The van der Waals surface area contributed by atoms with Crippen LogP contribution in [0, 0.1) is 5.82 Å². The van der Waals surface area contributed by atoms with Gasteiger partial charge in [0.25, 0.3) is 0 Å². The van der Waals surface area contributed by atoms with Crippen LogP contribution in [-0.2, 0) is 0 Å². The Labute approximate surface area is 126 Å². The first kappa shape index (κ1) is 13.1. The summed E-state index contributed by atoms with van der Waals surface area (Å²) in [6.07, 6.45) is 7.05. The number of halogens is 1. The molecule has 7 heteroatoms. The standard InChI is InChI=1S/C15H15FN6/c16-11-1-2-13-14(7-11)17-8-18-15(13)21-5-3-12(4-6-21)22-9-19-20-10-22/h1-2,7-10,12H,3-6H2. The minimum Gasteiger partial charge on any atom is -0.356 e. The van der Waals surface area contributed by atoms with E-state index in [0.29, 0.717) is 11.6 Å². The topological polar surface area (TPSA) is 59.7 Å². The maximum Gasteiger partial charge on any atom is 0.139 e. The van der Waals surface area contributed by atoms with Gasteiger partial charge < -0.3 is 9.47 Å². The van der Waals surface area contributed by atoms with E-state index in [1.54, 1.807) is 18.7 Å². The molecule has 3 aromatic rings. The van der Waals surface area contributed by atoms with E-state index >= 15 is 0 Å². The van der Waals surface area contributed by atoms with Gasteiger partial charge in [0.15, 0.2) is 0 Å². The average molecular weight is 298 g/mol. The lowest BCUT2D eigenvalue weighted by molar-refractivity contribution is 0.394. The summed E-state index contributed by atoms with van der Waals surface area (Å²) in [5, 5.41) is 8.63. The Morgan fingerprint density at radius 1 is 1.05 bits per heavy atom. The zero-order valence-electron chi connectivity index (χ0n) is 11.9. The van der Waals surface area contributed by atoms with Crippen molar-refractivity contribution in [2.75, 3.05) is 18.0 Å². The van der Waals surface area contributed by atoms with Crippen LogP contribution in [0.3, 0.4) is 0 Å². The lowest BCUT2D eigenvalue weighted by atomic mass is 10.0. The molecule has 0 atom stereocenters. The maximum atomic E-state index is 13.3. The fourth-order valence-electron chi connectivity index (χ4n) is 3.04. The predicted octanol–water partition coefficient (Wildman–Crippen LogP) is 2.20. The van der Waals surface area contributed by atoms with E-state index in [1.807, 2.05) is 0 Å². The molecule has 0 bridgehead atoms. The van der Waals surface area contributed by atoms with Gasteiger partial charge in [0, 0.05) is 30.6 Å². The van der Waals surface area contributed by atoms with E-state index in [0.717, 1.165) is 37.1 Å². The van der Waals surface area contributed by atoms with Gasteiger partial charge in [-0.05, 0) is 25.0 Å². The molecule has 4 rings (SSSR count). The zero-order valence-corrected chi connectivity index (χ0v) is 11.9. The monoisotopic (exact) mass is 298 g/mol. The van der Waals surface area contributed by atoms with Crippen molar-refractivity contribution >= 4 is 16.7 Å². The molecule has 22 heavy (non-hydrogen) atoms. The SMILES string of the molecule is Fc1ccc2c(N3CCC(n4cnnc4)CC3)ncnc2c1. The van der Waals surface area contributed by atoms with Crippen LogP contribution in [0.2, 0.25) is 0 Å². The van der Waals surface area contributed by atoms with Crippen LogP contribution < -0.4 is 4.90 Å². The summed E-state index contributed by atoms with van der Waals surface area (Å²) >= 11 is 0. The quantitative estimate of drug-likeness (QED) is 0.726.